The van der Waals surface area contributed by atoms with Gasteiger partial charge in [0.1, 0.15) is 0 Å². The van der Waals surface area contributed by atoms with E-state index in [0.717, 1.165) is 30.5 Å². The van der Waals surface area contributed by atoms with Crippen LogP contribution in [0.25, 0.3) is 11.1 Å². The Hall–Kier alpha value is -1.85. The van der Waals surface area contributed by atoms with Crippen LogP contribution in [0.2, 0.25) is 5.02 Å². The van der Waals surface area contributed by atoms with Crippen molar-refractivity contribution in [2.45, 2.75) is 24.9 Å². The molecule has 3 atom stereocenters. The van der Waals surface area contributed by atoms with Crippen molar-refractivity contribution in [1.82, 2.24) is 20.4 Å². The van der Waals surface area contributed by atoms with Crippen molar-refractivity contribution >= 4 is 17.6 Å². The highest BCUT2D eigenvalue weighted by Crippen LogP contribution is 2.31. The molecule has 5 nitrogen and oxygen atoms in total. The third-order valence-electron chi connectivity index (χ3n) is 4.65. The Bertz CT molecular complexity index is 714. The number of rotatable bonds is 2. The molecule has 3 unspecified atom stereocenters. The maximum absolute atomic E-state index is 12.3. The van der Waals surface area contributed by atoms with Crippen molar-refractivity contribution in [2.75, 3.05) is 6.54 Å². The van der Waals surface area contributed by atoms with E-state index in [2.05, 4.69) is 15.7 Å². The van der Waals surface area contributed by atoms with Crippen LogP contribution in [0, 0.1) is 5.92 Å². The van der Waals surface area contributed by atoms with E-state index in [9.17, 15) is 4.79 Å². The Labute approximate surface area is 133 Å². The molecule has 1 aliphatic carbocycles. The van der Waals surface area contributed by atoms with Gasteiger partial charge >= 0.3 is 6.03 Å². The molecule has 1 amide bonds. The molecule has 1 aliphatic heterocycles. The largest absolute Gasteiger partial charge is 0.342 e. The van der Waals surface area contributed by atoms with Gasteiger partial charge in [0.05, 0.1) is 6.20 Å². The normalized spacial score (nSPS) is 26.3. The molecule has 114 valence electrons. The van der Waals surface area contributed by atoms with E-state index in [1.807, 2.05) is 24.3 Å². The molecule has 6 heteroatoms. The summed E-state index contributed by atoms with van der Waals surface area (Å²) in [5, 5.41) is 11.4. The molecule has 2 aromatic rings. The van der Waals surface area contributed by atoms with Crippen LogP contribution in [0.4, 0.5) is 4.79 Å². The molecular formula is C16H17ClN4O. The molecular weight excluding hydrogens is 300 g/mol. The number of amides is 1. The number of aromatic nitrogens is 2. The minimum atomic E-state index is -0.171. The van der Waals surface area contributed by atoms with E-state index in [1.54, 1.807) is 12.4 Å². The number of hydrogen-bond donors (Lipinski definition) is 2. The van der Waals surface area contributed by atoms with Crippen LogP contribution < -0.4 is 10.6 Å². The van der Waals surface area contributed by atoms with Gasteiger partial charge in [0.2, 0.25) is 0 Å². The molecule has 22 heavy (non-hydrogen) atoms. The topological polar surface area (TPSA) is 59.0 Å². The minimum absolute atomic E-state index is 0.171. The summed E-state index contributed by atoms with van der Waals surface area (Å²) in [6.45, 7) is 1.000. The highest BCUT2D eigenvalue weighted by atomic mass is 35.5. The Morgan fingerprint density at radius 2 is 2.23 bits per heavy atom. The maximum Gasteiger partial charge on any atom is 0.342 e. The first-order valence-corrected chi connectivity index (χ1v) is 7.92. The second-order valence-corrected chi connectivity index (χ2v) is 6.45. The Morgan fingerprint density at radius 1 is 1.36 bits per heavy atom. The monoisotopic (exact) mass is 316 g/mol. The number of nitrogens with one attached hydrogen (secondary N) is 2. The van der Waals surface area contributed by atoms with Gasteiger partial charge in [-0.2, -0.15) is 9.78 Å². The molecule has 1 aromatic carbocycles. The molecule has 2 bridgehead atoms. The van der Waals surface area contributed by atoms with Crippen LogP contribution in [0.5, 0.6) is 0 Å². The van der Waals surface area contributed by atoms with E-state index in [4.69, 9.17) is 11.6 Å². The zero-order chi connectivity index (χ0) is 15.1. The van der Waals surface area contributed by atoms with Crippen molar-refractivity contribution in [3.05, 3.63) is 41.7 Å². The number of piperidine rings is 1. The van der Waals surface area contributed by atoms with Gasteiger partial charge in [-0.15, -0.1) is 0 Å². The first kappa shape index (κ1) is 13.8. The fraction of sp³-hybridized carbons (Fsp3) is 0.375. The third-order valence-corrected chi connectivity index (χ3v) is 4.98. The summed E-state index contributed by atoms with van der Waals surface area (Å²) >= 11 is 6.18. The fourth-order valence-corrected chi connectivity index (χ4v) is 3.75. The highest BCUT2D eigenvalue weighted by molar-refractivity contribution is 6.33. The summed E-state index contributed by atoms with van der Waals surface area (Å²) in [5.41, 5.74) is 1.72. The molecule has 4 rings (SSSR count). The van der Waals surface area contributed by atoms with Gasteiger partial charge in [0, 0.05) is 41.0 Å². The lowest BCUT2D eigenvalue weighted by Crippen LogP contribution is -2.45. The standard InChI is InChI=1S/C16H17ClN4O/c17-14-4-2-1-3-13(14)11-8-19-21(9-11)16(22)20-15-6-12-5-10(15)7-18-12/h1-4,8-10,12,15,18H,5-7H2,(H,20,22). The number of benzene rings is 1. The van der Waals surface area contributed by atoms with E-state index in [-0.39, 0.29) is 12.1 Å². The van der Waals surface area contributed by atoms with Gasteiger partial charge in [-0.3, -0.25) is 0 Å². The van der Waals surface area contributed by atoms with E-state index in [0.29, 0.717) is 17.0 Å². The zero-order valence-electron chi connectivity index (χ0n) is 12.0. The number of carbonyl (C=O) groups excluding carboxylic acids is 1. The summed E-state index contributed by atoms with van der Waals surface area (Å²) in [6, 6.07) is 8.20. The van der Waals surface area contributed by atoms with Crippen LogP contribution in [-0.2, 0) is 0 Å². The average Bonchev–Trinajstić information content (AvgIpc) is 3.24. The van der Waals surface area contributed by atoms with Gasteiger partial charge in [-0.05, 0) is 24.8 Å². The lowest BCUT2D eigenvalue weighted by molar-refractivity contribution is 0.230. The van der Waals surface area contributed by atoms with E-state index >= 15 is 0 Å². The number of hydrogen-bond acceptors (Lipinski definition) is 3. The quantitative estimate of drug-likeness (QED) is 0.895. The number of fused-ring (bicyclic) bond motifs is 2. The number of carbonyl (C=O) groups is 1. The molecule has 2 fully saturated rings. The van der Waals surface area contributed by atoms with Gasteiger partial charge in [-0.1, -0.05) is 29.8 Å². The Kier molecular flexibility index (Phi) is 3.39. The molecule has 0 radical (unpaired) electrons. The lowest BCUT2D eigenvalue weighted by Gasteiger charge is -2.23. The Balaban J connectivity index is 1.49. The first-order chi connectivity index (χ1) is 10.7. The van der Waals surface area contributed by atoms with Crippen molar-refractivity contribution < 1.29 is 4.79 Å². The molecule has 2 aliphatic rings. The van der Waals surface area contributed by atoms with Gasteiger partial charge in [0.25, 0.3) is 0 Å². The third kappa shape index (κ3) is 2.40. The average molecular weight is 317 g/mol. The SMILES string of the molecule is O=C(NC1CC2CC1CN2)n1cc(-c2ccccc2Cl)cn1. The molecule has 0 spiro atoms. The smallest absolute Gasteiger partial charge is 0.333 e. The number of nitrogens with zero attached hydrogens (tertiary/aromatic N) is 2. The number of halogens is 1. The molecule has 2 N–H and O–H groups in total. The summed E-state index contributed by atoms with van der Waals surface area (Å²) in [6.07, 6.45) is 5.56. The Morgan fingerprint density at radius 3 is 2.95 bits per heavy atom. The van der Waals surface area contributed by atoms with Crippen LogP contribution in [0.3, 0.4) is 0 Å². The fourth-order valence-electron chi connectivity index (χ4n) is 3.51. The van der Waals surface area contributed by atoms with Crippen molar-refractivity contribution in [2.24, 2.45) is 5.92 Å². The summed E-state index contributed by atoms with van der Waals surface area (Å²) in [5.74, 6) is 0.549. The second-order valence-electron chi connectivity index (χ2n) is 6.05. The van der Waals surface area contributed by atoms with Gasteiger partial charge < -0.3 is 10.6 Å². The minimum Gasteiger partial charge on any atom is -0.333 e. The van der Waals surface area contributed by atoms with Crippen LogP contribution in [0.1, 0.15) is 12.8 Å². The van der Waals surface area contributed by atoms with Crippen molar-refractivity contribution in [3.8, 4) is 11.1 Å². The van der Waals surface area contributed by atoms with E-state index < -0.39 is 0 Å². The predicted molar refractivity (Wildman–Crippen MR) is 84.9 cm³/mol. The van der Waals surface area contributed by atoms with Crippen LogP contribution >= 0.6 is 11.6 Å². The van der Waals surface area contributed by atoms with E-state index in [1.165, 1.54) is 4.68 Å². The summed E-state index contributed by atoms with van der Waals surface area (Å²) in [4.78, 5) is 12.3. The van der Waals surface area contributed by atoms with Gasteiger partial charge in [-0.25, -0.2) is 4.79 Å². The molecule has 1 aromatic heterocycles. The summed E-state index contributed by atoms with van der Waals surface area (Å²) < 4.78 is 1.36. The second kappa shape index (κ2) is 5.41. The van der Waals surface area contributed by atoms with Crippen LogP contribution in [0.15, 0.2) is 36.7 Å². The van der Waals surface area contributed by atoms with Crippen LogP contribution in [-0.4, -0.2) is 34.4 Å². The van der Waals surface area contributed by atoms with Crippen molar-refractivity contribution in [3.63, 3.8) is 0 Å². The first-order valence-electron chi connectivity index (χ1n) is 7.54. The van der Waals surface area contributed by atoms with Gasteiger partial charge in [0.15, 0.2) is 0 Å². The highest BCUT2D eigenvalue weighted by Gasteiger charge is 2.40. The predicted octanol–water partition coefficient (Wildman–Crippen LogP) is 2.51. The lowest BCUT2D eigenvalue weighted by atomic mass is 10.0. The molecule has 2 heterocycles. The zero-order valence-corrected chi connectivity index (χ0v) is 12.8. The molecule has 1 saturated carbocycles. The molecule has 1 saturated heterocycles. The summed E-state index contributed by atoms with van der Waals surface area (Å²) in [7, 11) is 0. The maximum atomic E-state index is 12.3. The van der Waals surface area contributed by atoms with Crippen molar-refractivity contribution in [1.29, 1.82) is 0 Å².